The zero-order valence-corrected chi connectivity index (χ0v) is 20.6. The molecule has 0 aromatic carbocycles. The molecule has 0 spiro atoms. The predicted molar refractivity (Wildman–Crippen MR) is 127 cm³/mol. The van der Waals surface area contributed by atoms with Crippen molar-refractivity contribution in [3.05, 3.63) is 0 Å². The molecular formula is C26H52O5. The lowest BCUT2D eigenvalue weighted by Gasteiger charge is -2.39. The molecular weight excluding hydrogens is 392 g/mol. The molecule has 5 nitrogen and oxygen atoms in total. The minimum atomic E-state index is -1.22. The summed E-state index contributed by atoms with van der Waals surface area (Å²) in [6, 6.07) is 0. The van der Waals surface area contributed by atoms with Crippen LogP contribution in [-0.4, -0.2) is 52.6 Å². The molecule has 1 aliphatic heterocycles. The highest BCUT2D eigenvalue weighted by Gasteiger charge is 2.42. The average molecular weight is 445 g/mol. The van der Waals surface area contributed by atoms with Gasteiger partial charge in [0.05, 0.1) is 12.7 Å². The zero-order valence-electron chi connectivity index (χ0n) is 20.6. The van der Waals surface area contributed by atoms with E-state index >= 15 is 0 Å². The molecule has 0 aromatic rings. The summed E-state index contributed by atoms with van der Waals surface area (Å²) < 4.78 is 11.5. The van der Waals surface area contributed by atoms with Crippen LogP contribution in [0.3, 0.4) is 0 Å². The maximum atomic E-state index is 10.2. The molecule has 0 radical (unpaired) electrons. The Morgan fingerprint density at radius 3 is 1.58 bits per heavy atom. The van der Waals surface area contributed by atoms with Crippen molar-refractivity contribution in [3.8, 4) is 0 Å². The van der Waals surface area contributed by atoms with Crippen molar-refractivity contribution >= 4 is 0 Å². The van der Waals surface area contributed by atoms with Crippen LogP contribution in [0.25, 0.3) is 0 Å². The second kappa shape index (κ2) is 18.3. The van der Waals surface area contributed by atoms with Gasteiger partial charge >= 0.3 is 0 Å². The Morgan fingerprint density at radius 1 is 0.645 bits per heavy atom. The minimum Gasteiger partial charge on any atom is -0.388 e. The monoisotopic (exact) mass is 444 g/mol. The van der Waals surface area contributed by atoms with Gasteiger partial charge < -0.3 is 24.8 Å². The average Bonchev–Trinajstić information content (AvgIpc) is 2.77. The normalized spacial score (nSPS) is 27.5. The predicted octanol–water partition coefficient (Wildman–Crippen LogP) is 5.73. The molecule has 1 rings (SSSR count). The first kappa shape index (κ1) is 28.8. The van der Waals surface area contributed by atoms with Crippen molar-refractivity contribution < 1.29 is 24.8 Å². The van der Waals surface area contributed by atoms with Crippen LogP contribution >= 0.6 is 0 Å². The first-order valence-corrected chi connectivity index (χ1v) is 13.3. The summed E-state index contributed by atoms with van der Waals surface area (Å²) in [6.45, 7) is 6.75. The highest BCUT2D eigenvalue weighted by molar-refractivity contribution is 4.87. The first-order chi connectivity index (χ1) is 15.0. The molecule has 1 saturated heterocycles. The molecule has 5 heteroatoms. The van der Waals surface area contributed by atoms with E-state index in [1.807, 2.05) is 0 Å². The minimum absolute atomic E-state index is 0.460. The van der Waals surface area contributed by atoms with E-state index in [0.717, 1.165) is 12.8 Å². The van der Waals surface area contributed by atoms with Gasteiger partial charge in [0.1, 0.15) is 18.3 Å². The van der Waals surface area contributed by atoms with E-state index in [0.29, 0.717) is 12.5 Å². The highest BCUT2D eigenvalue weighted by Crippen LogP contribution is 2.25. The molecule has 0 saturated carbocycles. The van der Waals surface area contributed by atoms with Crippen molar-refractivity contribution in [2.75, 3.05) is 6.61 Å². The molecule has 1 heterocycles. The van der Waals surface area contributed by atoms with E-state index in [4.69, 9.17) is 9.47 Å². The standard InChI is InChI=1S/C26H52O5/c1-4-6-8-10-12-13-15-17-19-22(18-16-14-11-9-7-5-2)20-30-26-25(29)24(28)23(27)21(3)31-26/h21-29H,4-20H2,1-3H3/t21-,22?,23-,24+,25+,26+/m1/s1. The van der Waals surface area contributed by atoms with Crippen molar-refractivity contribution in [1.82, 2.24) is 0 Å². The van der Waals surface area contributed by atoms with Gasteiger partial charge in [0.25, 0.3) is 0 Å². The largest absolute Gasteiger partial charge is 0.388 e. The van der Waals surface area contributed by atoms with Gasteiger partial charge in [-0.15, -0.1) is 0 Å². The number of aliphatic hydroxyl groups excluding tert-OH is 3. The van der Waals surface area contributed by atoms with Crippen molar-refractivity contribution in [2.24, 2.45) is 5.92 Å². The third-order valence-electron chi connectivity index (χ3n) is 6.74. The lowest BCUT2D eigenvalue weighted by atomic mass is 9.94. The lowest BCUT2D eigenvalue weighted by molar-refractivity contribution is -0.295. The number of hydrogen-bond donors (Lipinski definition) is 3. The topological polar surface area (TPSA) is 79.2 Å². The van der Waals surface area contributed by atoms with E-state index in [1.165, 1.54) is 89.9 Å². The molecule has 0 aromatic heterocycles. The van der Waals surface area contributed by atoms with Crippen LogP contribution in [-0.2, 0) is 9.47 Å². The van der Waals surface area contributed by atoms with E-state index < -0.39 is 30.7 Å². The second-order valence-corrected chi connectivity index (χ2v) is 9.70. The van der Waals surface area contributed by atoms with Gasteiger partial charge in [0, 0.05) is 0 Å². The van der Waals surface area contributed by atoms with E-state index in [2.05, 4.69) is 13.8 Å². The smallest absolute Gasteiger partial charge is 0.186 e. The molecule has 3 N–H and O–H groups in total. The Balaban J connectivity index is 2.35. The van der Waals surface area contributed by atoms with Gasteiger partial charge in [-0.25, -0.2) is 0 Å². The summed E-state index contributed by atoms with van der Waals surface area (Å²) in [7, 11) is 0. The summed E-state index contributed by atoms with van der Waals surface area (Å²) >= 11 is 0. The van der Waals surface area contributed by atoms with Crippen molar-refractivity contribution in [2.45, 2.75) is 154 Å². The van der Waals surface area contributed by atoms with Crippen LogP contribution in [0.4, 0.5) is 0 Å². The summed E-state index contributed by atoms with van der Waals surface area (Å²) in [4.78, 5) is 0. The fraction of sp³-hybridized carbons (Fsp3) is 1.00. The molecule has 1 fully saturated rings. The maximum Gasteiger partial charge on any atom is 0.186 e. The third kappa shape index (κ3) is 12.6. The maximum absolute atomic E-state index is 10.2. The Bertz CT molecular complexity index is 405. The van der Waals surface area contributed by atoms with Gasteiger partial charge in [0.15, 0.2) is 6.29 Å². The van der Waals surface area contributed by atoms with Gasteiger partial charge in [0.2, 0.25) is 0 Å². The molecule has 0 amide bonds. The number of unbranched alkanes of at least 4 members (excludes halogenated alkanes) is 12. The summed E-state index contributed by atoms with van der Waals surface area (Å²) in [5, 5.41) is 30.1. The second-order valence-electron chi connectivity index (χ2n) is 9.70. The van der Waals surface area contributed by atoms with Crippen LogP contribution in [0.15, 0.2) is 0 Å². The molecule has 6 atom stereocenters. The Hall–Kier alpha value is -0.200. The van der Waals surface area contributed by atoms with Crippen molar-refractivity contribution in [3.63, 3.8) is 0 Å². The molecule has 186 valence electrons. The third-order valence-corrected chi connectivity index (χ3v) is 6.74. The van der Waals surface area contributed by atoms with E-state index in [9.17, 15) is 15.3 Å². The molecule has 31 heavy (non-hydrogen) atoms. The molecule has 0 aliphatic carbocycles. The van der Waals surface area contributed by atoms with E-state index in [-0.39, 0.29) is 0 Å². The number of aliphatic hydroxyl groups is 3. The highest BCUT2D eigenvalue weighted by atomic mass is 16.7. The fourth-order valence-corrected chi connectivity index (χ4v) is 4.47. The van der Waals surface area contributed by atoms with Crippen molar-refractivity contribution in [1.29, 1.82) is 0 Å². The lowest BCUT2D eigenvalue weighted by Crippen LogP contribution is -2.57. The van der Waals surface area contributed by atoms with Crippen LogP contribution in [0.5, 0.6) is 0 Å². The Morgan fingerprint density at radius 2 is 1.10 bits per heavy atom. The molecule has 1 unspecified atom stereocenters. The first-order valence-electron chi connectivity index (χ1n) is 13.3. The molecule has 1 aliphatic rings. The number of hydrogen-bond acceptors (Lipinski definition) is 5. The van der Waals surface area contributed by atoms with Gasteiger partial charge in [-0.3, -0.25) is 0 Å². The summed E-state index contributed by atoms with van der Waals surface area (Å²) in [5.41, 5.74) is 0. The van der Waals surface area contributed by atoms with Crippen LogP contribution in [0.1, 0.15) is 124 Å². The van der Waals surface area contributed by atoms with Crippen LogP contribution < -0.4 is 0 Å². The number of rotatable bonds is 19. The summed E-state index contributed by atoms with van der Waals surface area (Å²) in [6.07, 6.45) is 15.7. The summed E-state index contributed by atoms with van der Waals surface area (Å²) in [5.74, 6) is 0.460. The Labute approximate surface area is 191 Å². The quantitative estimate of drug-likeness (QED) is 0.222. The van der Waals surface area contributed by atoms with Gasteiger partial charge in [-0.2, -0.15) is 0 Å². The molecule has 0 bridgehead atoms. The zero-order chi connectivity index (χ0) is 22.9. The van der Waals surface area contributed by atoms with Gasteiger partial charge in [-0.05, 0) is 25.7 Å². The van der Waals surface area contributed by atoms with Gasteiger partial charge in [-0.1, -0.05) is 104 Å². The number of ether oxygens (including phenoxy) is 2. The van der Waals surface area contributed by atoms with E-state index in [1.54, 1.807) is 6.92 Å². The van der Waals surface area contributed by atoms with Crippen LogP contribution in [0, 0.1) is 5.92 Å². The Kier molecular flexibility index (Phi) is 17.0. The fourth-order valence-electron chi connectivity index (χ4n) is 4.47. The van der Waals surface area contributed by atoms with Crippen LogP contribution in [0.2, 0.25) is 0 Å². The SMILES string of the molecule is CCCCCCCCCCC(CCCCCCCC)CO[C@H]1O[C@H](C)[C@@H](O)[C@H](O)[C@@H]1O.